The van der Waals surface area contributed by atoms with E-state index in [2.05, 4.69) is 15.6 Å². The van der Waals surface area contributed by atoms with Gasteiger partial charge >= 0.3 is 0 Å². The molecule has 1 unspecified atom stereocenters. The van der Waals surface area contributed by atoms with Crippen molar-refractivity contribution in [1.29, 1.82) is 0 Å². The zero-order valence-electron chi connectivity index (χ0n) is 19.1. The lowest BCUT2D eigenvalue weighted by Crippen LogP contribution is -2.52. The fourth-order valence-electron chi connectivity index (χ4n) is 5.11. The van der Waals surface area contributed by atoms with E-state index in [4.69, 9.17) is 0 Å². The molecule has 0 aliphatic carbocycles. The molecule has 3 aliphatic heterocycles. The molecule has 4 heterocycles. The molecule has 3 aliphatic rings. The van der Waals surface area contributed by atoms with E-state index in [0.29, 0.717) is 29.9 Å². The summed E-state index contributed by atoms with van der Waals surface area (Å²) in [5, 5.41) is 10.5. The minimum absolute atomic E-state index is 0.147. The second-order valence-corrected chi connectivity index (χ2v) is 9.12. The Labute approximate surface area is 204 Å². The number of hydrogen-bond donors (Lipinski definition) is 1. The fraction of sp³-hybridized carbons (Fsp3) is 0.280. The molecule has 10 nitrogen and oxygen atoms in total. The lowest BCUT2D eigenvalue weighted by molar-refractivity contribution is -0.136. The van der Waals surface area contributed by atoms with Crippen LogP contribution in [0.4, 0.5) is 10.1 Å². The summed E-state index contributed by atoms with van der Waals surface area (Å²) in [6.07, 6.45) is 3.43. The van der Waals surface area contributed by atoms with Crippen LogP contribution >= 0.6 is 0 Å². The molecular weight excluding hydrogens is 467 g/mol. The molecular formula is C25H21FN6O4. The summed E-state index contributed by atoms with van der Waals surface area (Å²) >= 11 is 0. The van der Waals surface area contributed by atoms with Crippen LogP contribution in [0, 0.1) is 5.82 Å². The predicted octanol–water partition coefficient (Wildman–Crippen LogP) is 1.76. The normalized spacial score (nSPS) is 19.2. The Morgan fingerprint density at radius 1 is 1.06 bits per heavy atom. The number of piperidine rings is 1. The number of fused-ring (bicyclic) bond motifs is 2. The summed E-state index contributed by atoms with van der Waals surface area (Å²) < 4.78 is 15.1. The first kappa shape index (κ1) is 22.1. The first-order valence-electron chi connectivity index (χ1n) is 11.7. The zero-order chi connectivity index (χ0) is 25.0. The van der Waals surface area contributed by atoms with Gasteiger partial charge in [-0.1, -0.05) is 5.21 Å². The molecule has 4 amide bonds. The van der Waals surface area contributed by atoms with Gasteiger partial charge in [-0.25, -0.2) is 9.07 Å². The van der Waals surface area contributed by atoms with E-state index in [9.17, 15) is 23.6 Å². The van der Waals surface area contributed by atoms with Crippen LogP contribution in [0.2, 0.25) is 0 Å². The number of anilines is 1. The molecule has 1 aromatic heterocycles. The number of benzene rings is 2. The van der Waals surface area contributed by atoms with Crippen molar-refractivity contribution < 1.29 is 23.6 Å². The van der Waals surface area contributed by atoms with Crippen molar-refractivity contribution in [2.75, 3.05) is 11.4 Å². The molecule has 0 radical (unpaired) electrons. The SMILES string of the molecule is O=C1CCC(N2Cc3cc(-n4cc(C(=O)N5CCCc6cc(F)ccc65)nn4)ccc3C2=O)C(=O)N1. The molecule has 0 saturated carbocycles. The molecule has 1 N–H and O–H groups in total. The molecule has 1 fully saturated rings. The maximum absolute atomic E-state index is 13.6. The monoisotopic (exact) mass is 488 g/mol. The first-order chi connectivity index (χ1) is 17.4. The van der Waals surface area contributed by atoms with Gasteiger partial charge in [-0.2, -0.15) is 0 Å². The summed E-state index contributed by atoms with van der Waals surface area (Å²) in [6.45, 7) is 0.733. The summed E-state index contributed by atoms with van der Waals surface area (Å²) in [4.78, 5) is 52.9. The van der Waals surface area contributed by atoms with Crippen molar-refractivity contribution in [3.63, 3.8) is 0 Å². The number of imide groups is 1. The Morgan fingerprint density at radius 3 is 2.75 bits per heavy atom. The Kier molecular flexibility index (Phi) is 5.13. The molecule has 1 atom stereocenters. The van der Waals surface area contributed by atoms with Gasteiger partial charge in [0, 0.05) is 30.8 Å². The van der Waals surface area contributed by atoms with Gasteiger partial charge in [-0.3, -0.25) is 24.5 Å². The van der Waals surface area contributed by atoms with E-state index >= 15 is 0 Å². The Hall–Kier alpha value is -4.41. The summed E-state index contributed by atoms with van der Waals surface area (Å²) in [5.74, 6) is -1.72. The van der Waals surface area contributed by atoms with Crippen LogP contribution in [0.15, 0.2) is 42.6 Å². The minimum atomic E-state index is -0.692. The highest BCUT2D eigenvalue weighted by molar-refractivity contribution is 6.06. The number of nitrogens with zero attached hydrogens (tertiary/aromatic N) is 5. The van der Waals surface area contributed by atoms with Gasteiger partial charge in [0.05, 0.1) is 11.9 Å². The molecule has 182 valence electrons. The number of nitrogens with one attached hydrogen (secondary N) is 1. The Morgan fingerprint density at radius 2 is 1.92 bits per heavy atom. The van der Waals surface area contributed by atoms with Gasteiger partial charge in [0.2, 0.25) is 11.8 Å². The number of hydrogen-bond acceptors (Lipinski definition) is 6. The lowest BCUT2D eigenvalue weighted by atomic mass is 10.0. The number of aryl methyl sites for hydroxylation is 1. The molecule has 36 heavy (non-hydrogen) atoms. The van der Waals surface area contributed by atoms with Crippen LogP contribution in [-0.4, -0.2) is 56.1 Å². The highest BCUT2D eigenvalue weighted by Crippen LogP contribution is 2.30. The minimum Gasteiger partial charge on any atom is -0.322 e. The highest BCUT2D eigenvalue weighted by atomic mass is 19.1. The van der Waals surface area contributed by atoms with Crippen molar-refractivity contribution in [2.45, 2.75) is 38.3 Å². The van der Waals surface area contributed by atoms with Crippen LogP contribution in [-0.2, 0) is 22.6 Å². The van der Waals surface area contributed by atoms with Crippen LogP contribution < -0.4 is 10.2 Å². The average Bonchev–Trinajstić information content (AvgIpc) is 3.48. The standard InChI is InChI=1S/C25H21FN6O4/c26-16-3-6-20-14(10-16)2-1-9-30(20)25(36)19-13-32(29-28-19)17-4-5-18-15(11-17)12-31(24(18)35)21-7-8-22(33)27-23(21)34/h3-6,10-11,13,21H,1-2,7-9,12H2,(H,27,33,34). The molecule has 0 bridgehead atoms. The van der Waals surface area contributed by atoms with Crippen LogP contribution in [0.1, 0.15) is 51.2 Å². The third-order valence-corrected chi connectivity index (χ3v) is 6.89. The van der Waals surface area contributed by atoms with Crippen molar-refractivity contribution in [2.24, 2.45) is 0 Å². The van der Waals surface area contributed by atoms with E-state index in [1.54, 1.807) is 29.2 Å². The lowest BCUT2D eigenvalue weighted by Gasteiger charge is -2.29. The number of amides is 4. The molecule has 11 heteroatoms. The Balaban J connectivity index is 1.23. The van der Waals surface area contributed by atoms with E-state index in [0.717, 1.165) is 17.5 Å². The van der Waals surface area contributed by atoms with Crippen molar-refractivity contribution >= 4 is 29.3 Å². The third-order valence-electron chi connectivity index (χ3n) is 6.89. The summed E-state index contributed by atoms with van der Waals surface area (Å²) in [5.41, 5.74) is 3.42. The van der Waals surface area contributed by atoms with Gasteiger partial charge in [-0.15, -0.1) is 5.10 Å². The molecule has 0 spiro atoms. The topological polar surface area (TPSA) is 118 Å². The molecule has 1 saturated heterocycles. The number of aromatic nitrogens is 3. The van der Waals surface area contributed by atoms with Crippen LogP contribution in [0.3, 0.4) is 0 Å². The maximum atomic E-state index is 13.6. The van der Waals surface area contributed by atoms with Crippen LogP contribution in [0.5, 0.6) is 0 Å². The van der Waals surface area contributed by atoms with E-state index in [1.807, 2.05) is 0 Å². The van der Waals surface area contributed by atoms with Gasteiger partial charge in [0.1, 0.15) is 11.9 Å². The quantitative estimate of drug-likeness (QED) is 0.562. The summed E-state index contributed by atoms with van der Waals surface area (Å²) in [6, 6.07) is 8.85. The number of carbonyl (C=O) groups excluding carboxylic acids is 4. The molecule has 3 aromatic rings. The molecule has 2 aromatic carbocycles. The smallest absolute Gasteiger partial charge is 0.280 e. The third kappa shape index (κ3) is 3.63. The average molecular weight is 488 g/mol. The van der Waals surface area contributed by atoms with Crippen molar-refractivity contribution in [3.8, 4) is 5.69 Å². The predicted molar refractivity (Wildman–Crippen MR) is 124 cm³/mol. The number of rotatable bonds is 3. The van der Waals surface area contributed by atoms with Crippen LogP contribution in [0.25, 0.3) is 5.69 Å². The molecule has 6 rings (SSSR count). The highest BCUT2D eigenvalue weighted by Gasteiger charge is 2.39. The van der Waals surface area contributed by atoms with Gasteiger partial charge in [-0.05, 0) is 66.8 Å². The summed E-state index contributed by atoms with van der Waals surface area (Å²) in [7, 11) is 0. The van der Waals surface area contributed by atoms with Gasteiger partial charge < -0.3 is 9.80 Å². The largest absolute Gasteiger partial charge is 0.322 e. The second kappa shape index (κ2) is 8.36. The maximum Gasteiger partial charge on any atom is 0.280 e. The van der Waals surface area contributed by atoms with Gasteiger partial charge in [0.25, 0.3) is 11.8 Å². The van der Waals surface area contributed by atoms with E-state index < -0.39 is 11.9 Å². The van der Waals surface area contributed by atoms with E-state index in [1.165, 1.54) is 27.9 Å². The second-order valence-electron chi connectivity index (χ2n) is 9.12. The zero-order valence-corrected chi connectivity index (χ0v) is 19.1. The Bertz CT molecular complexity index is 1450. The van der Waals surface area contributed by atoms with Crippen molar-refractivity contribution in [3.05, 3.63) is 70.8 Å². The number of carbonyl (C=O) groups is 4. The first-order valence-corrected chi connectivity index (χ1v) is 11.7. The van der Waals surface area contributed by atoms with E-state index in [-0.39, 0.29) is 48.6 Å². The number of halogens is 1. The van der Waals surface area contributed by atoms with Gasteiger partial charge in [0.15, 0.2) is 5.69 Å². The van der Waals surface area contributed by atoms with Crippen molar-refractivity contribution in [1.82, 2.24) is 25.2 Å². The fourth-order valence-corrected chi connectivity index (χ4v) is 5.11.